The lowest BCUT2D eigenvalue weighted by molar-refractivity contribution is 0.0946. The molecule has 0 radical (unpaired) electrons. The summed E-state index contributed by atoms with van der Waals surface area (Å²) < 4.78 is 5.22. The van der Waals surface area contributed by atoms with Gasteiger partial charge in [0.1, 0.15) is 0 Å². The monoisotopic (exact) mass is 435 g/mol. The second kappa shape index (κ2) is 9.61. The van der Waals surface area contributed by atoms with Crippen molar-refractivity contribution in [1.82, 2.24) is 15.5 Å². The lowest BCUT2D eigenvalue weighted by Crippen LogP contribution is -2.22. The highest BCUT2D eigenvalue weighted by atomic mass is 35.5. The summed E-state index contributed by atoms with van der Waals surface area (Å²) in [6.07, 6.45) is 0. The maximum absolute atomic E-state index is 12.4. The first-order valence-electron chi connectivity index (χ1n) is 9.31. The van der Waals surface area contributed by atoms with Crippen LogP contribution in [0.5, 0.6) is 0 Å². The number of halogens is 1. The highest BCUT2D eigenvalue weighted by Gasteiger charge is 2.13. The Hall–Kier alpha value is -3.09. The predicted octanol–water partition coefficient (Wildman–Crippen LogP) is 5.61. The molecule has 0 bridgehead atoms. The fourth-order valence-electron chi connectivity index (χ4n) is 2.77. The quantitative estimate of drug-likeness (QED) is 0.382. The molecule has 150 valence electrons. The van der Waals surface area contributed by atoms with E-state index in [4.69, 9.17) is 16.1 Å². The molecule has 0 saturated carbocycles. The second-order valence-electron chi connectivity index (χ2n) is 6.47. The summed E-state index contributed by atoms with van der Waals surface area (Å²) in [5, 5.41) is 7.27. The molecule has 1 aromatic heterocycles. The minimum Gasteiger partial charge on any atom is -0.343 e. The molecule has 0 fully saturated rings. The van der Waals surface area contributed by atoms with Gasteiger partial charge in [0, 0.05) is 21.8 Å². The maximum Gasteiger partial charge on any atom is 0.251 e. The molecule has 0 unspecified atom stereocenters. The zero-order valence-electron chi connectivity index (χ0n) is 15.9. The maximum atomic E-state index is 12.4. The minimum absolute atomic E-state index is 0.141. The van der Waals surface area contributed by atoms with Gasteiger partial charge in [0.2, 0.25) is 11.7 Å². The van der Waals surface area contributed by atoms with Crippen molar-refractivity contribution in [2.45, 2.75) is 17.2 Å². The van der Waals surface area contributed by atoms with E-state index in [2.05, 4.69) is 27.6 Å². The minimum atomic E-state index is -0.199. The highest BCUT2D eigenvalue weighted by Crippen LogP contribution is 2.25. The van der Waals surface area contributed by atoms with Gasteiger partial charge >= 0.3 is 0 Å². The first-order chi connectivity index (χ1) is 14.7. The van der Waals surface area contributed by atoms with Crippen molar-refractivity contribution in [1.29, 1.82) is 0 Å². The number of nitrogens with zero attached hydrogens (tertiary/aromatic N) is 2. The number of thioether (sulfide) groups is 1. The zero-order chi connectivity index (χ0) is 20.8. The summed E-state index contributed by atoms with van der Waals surface area (Å²) in [4.78, 5) is 17.9. The standard InChI is InChI=1S/C23H18ClN3O2S/c24-20-9-5-4-8-19(20)22-26-21(29-27-22)14-25-23(28)17-12-10-16(11-13-17)15-30-18-6-2-1-3-7-18/h1-13H,14-15H2,(H,25,28). The molecule has 1 N–H and O–H groups in total. The van der Waals surface area contributed by atoms with Gasteiger partial charge < -0.3 is 9.84 Å². The van der Waals surface area contributed by atoms with Crippen LogP contribution in [0.25, 0.3) is 11.4 Å². The molecule has 1 amide bonds. The van der Waals surface area contributed by atoms with Crippen LogP contribution in [0.1, 0.15) is 21.8 Å². The van der Waals surface area contributed by atoms with Gasteiger partial charge in [0.05, 0.1) is 11.6 Å². The van der Waals surface area contributed by atoms with E-state index >= 15 is 0 Å². The van der Waals surface area contributed by atoms with Crippen LogP contribution in [0.3, 0.4) is 0 Å². The van der Waals surface area contributed by atoms with Gasteiger partial charge in [-0.2, -0.15) is 4.98 Å². The number of carbonyl (C=O) groups is 1. The topological polar surface area (TPSA) is 68.0 Å². The van der Waals surface area contributed by atoms with Crippen LogP contribution in [-0.2, 0) is 12.3 Å². The van der Waals surface area contributed by atoms with Crippen molar-refractivity contribution in [2.24, 2.45) is 0 Å². The van der Waals surface area contributed by atoms with Crippen molar-refractivity contribution in [3.05, 3.63) is 101 Å². The van der Waals surface area contributed by atoms with E-state index in [0.717, 1.165) is 11.3 Å². The van der Waals surface area contributed by atoms with Crippen LogP contribution in [0.15, 0.2) is 88.3 Å². The van der Waals surface area contributed by atoms with E-state index in [-0.39, 0.29) is 12.5 Å². The Bertz CT molecular complexity index is 1130. The third-order valence-corrected chi connectivity index (χ3v) is 5.76. The van der Waals surface area contributed by atoms with Crippen molar-refractivity contribution in [3.63, 3.8) is 0 Å². The largest absolute Gasteiger partial charge is 0.343 e. The molecule has 0 aliphatic carbocycles. The number of aromatic nitrogens is 2. The Kier molecular flexibility index (Phi) is 6.47. The van der Waals surface area contributed by atoms with E-state index in [0.29, 0.717) is 27.9 Å². The third kappa shape index (κ3) is 5.09. The number of hydrogen-bond donors (Lipinski definition) is 1. The molecular formula is C23H18ClN3O2S. The number of nitrogens with one attached hydrogen (secondary N) is 1. The Morgan fingerprint density at radius 2 is 1.70 bits per heavy atom. The van der Waals surface area contributed by atoms with Crippen LogP contribution in [-0.4, -0.2) is 16.0 Å². The number of hydrogen-bond acceptors (Lipinski definition) is 5. The Morgan fingerprint density at radius 3 is 2.47 bits per heavy atom. The van der Waals surface area contributed by atoms with E-state index in [1.807, 2.05) is 60.7 Å². The van der Waals surface area contributed by atoms with Gasteiger partial charge in [-0.1, -0.05) is 59.2 Å². The molecule has 3 aromatic carbocycles. The summed E-state index contributed by atoms with van der Waals surface area (Å²) in [6.45, 7) is 0.141. The van der Waals surface area contributed by atoms with Gasteiger partial charge in [-0.25, -0.2) is 0 Å². The molecule has 4 rings (SSSR count). The molecule has 1 heterocycles. The average Bonchev–Trinajstić information content (AvgIpc) is 3.26. The third-order valence-electron chi connectivity index (χ3n) is 4.35. The fraction of sp³-hybridized carbons (Fsp3) is 0.0870. The average molecular weight is 436 g/mol. The van der Waals surface area contributed by atoms with Crippen LogP contribution in [0.2, 0.25) is 5.02 Å². The van der Waals surface area contributed by atoms with Gasteiger partial charge in [0.15, 0.2) is 0 Å². The lowest BCUT2D eigenvalue weighted by atomic mass is 10.1. The molecule has 7 heteroatoms. The molecule has 0 aliphatic rings. The number of amides is 1. The van der Waals surface area contributed by atoms with Crippen molar-refractivity contribution < 1.29 is 9.32 Å². The summed E-state index contributed by atoms with van der Waals surface area (Å²) in [5.41, 5.74) is 2.42. The van der Waals surface area contributed by atoms with Gasteiger partial charge in [-0.15, -0.1) is 11.8 Å². The molecule has 0 saturated heterocycles. The summed E-state index contributed by atoms with van der Waals surface area (Å²) >= 11 is 7.91. The molecule has 0 aliphatic heterocycles. The molecule has 30 heavy (non-hydrogen) atoms. The summed E-state index contributed by atoms with van der Waals surface area (Å²) in [5.74, 6) is 1.35. The Balaban J connectivity index is 1.31. The van der Waals surface area contributed by atoms with Gasteiger partial charge in [-0.3, -0.25) is 4.79 Å². The van der Waals surface area contributed by atoms with E-state index in [1.54, 1.807) is 17.8 Å². The molecule has 0 spiro atoms. The summed E-state index contributed by atoms with van der Waals surface area (Å²) in [7, 11) is 0. The highest BCUT2D eigenvalue weighted by molar-refractivity contribution is 7.98. The van der Waals surface area contributed by atoms with Crippen molar-refractivity contribution in [3.8, 4) is 11.4 Å². The zero-order valence-corrected chi connectivity index (χ0v) is 17.5. The fourth-order valence-corrected chi connectivity index (χ4v) is 3.87. The summed E-state index contributed by atoms with van der Waals surface area (Å²) in [6, 6.07) is 25.0. The second-order valence-corrected chi connectivity index (χ2v) is 7.93. The van der Waals surface area contributed by atoms with Gasteiger partial charge in [0.25, 0.3) is 5.91 Å². The van der Waals surface area contributed by atoms with Crippen molar-refractivity contribution in [2.75, 3.05) is 0 Å². The number of benzene rings is 3. The first kappa shape index (κ1) is 20.2. The SMILES string of the molecule is O=C(NCc1nc(-c2ccccc2Cl)no1)c1ccc(CSc2ccccc2)cc1. The van der Waals surface area contributed by atoms with Crippen LogP contribution >= 0.6 is 23.4 Å². The van der Waals surface area contributed by atoms with E-state index in [9.17, 15) is 4.79 Å². The molecule has 4 aromatic rings. The predicted molar refractivity (Wildman–Crippen MR) is 118 cm³/mol. The Morgan fingerprint density at radius 1 is 0.967 bits per heavy atom. The van der Waals surface area contributed by atoms with Crippen LogP contribution in [0.4, 0.5) is 0 Å². The van der Waals surface area contributed by atoms with Gasteiger partial charge in [-0.05, 0) is 42.0 Å². The first-order valence-corrected chi connectivity index (χ1v) is 10.7. The number of carbonyl (C=O) groups excluding carboxylic acids is 1. The number of rotatable bonds is 7. The van der Waals surface area contributed by atoms with Crippen molar-refractivity contribution >= 4 is 29.3 Å². The Labute approximate surface area is 183 Å². The van der Waals surface area contributed by atoms with E-state index < -0.39 is 0 Å². The molecule has 5 nitrogen and oxygen atoms in total. The van der Waals surface area contributed by atoms with Crippen LogP contribution in [0, 0.1) is 0 Å². The molecule has 0 atom stereocenters. The lowest BCUT2D eigenvalue weighted by Gasteiger charge is -2.05. The normalized spacial score (nSPS) is 10.7. The molecular weight excluding hydrogens is 418 g/mol. The van der Waals surface area contributed by atoms with E-state index in [1.165, 1.54) is 4.90 Å². The van der Waals surface area contributed by atoms with Crippen LogP contribution < -0.4 is 5.32 Å². The smallest absolute Gasteiger partial charge is 0.251 e.